The van der Waals surface area contributed by atoms with Crippen molar-refractivity contribution >= 4 is 27.0 Å². The predicted molar refractivity (Wildman–Crippen MR) is 121 cm³/mol. The minimum atomic E-state index is -3.55. The summed E-state index contributed by atoms with van der Waals surface area (Å²) in [5.41, 5.74) is 3.94. The summed E-state index contributed by atoms with van der Waals surface area (Å²) in [6, 6.07) is 8.93. The quantitative estimate of drug-likeness (QED) is 0.592. The molecule has 2 aromatic heterocycles. The lowest BCUT2D eigenvalue weighted by atomic mass is 10.1. The van der Waals surface area contributed by atoms with Gasteiger partial charge in [0.25, 0.3) is 0 Å². The van der Waals surface area contributed by atoms with Gasteiger partial charge in [-0.1, -0.05) is 17.7 Å². The van der Waals surface area contributed by atoms with Gasteiger partial charge in [-0.05, 0) is 56.4 Å². The van der Waals surface area contributed by atoms with Gasteiger partial charge in [0.2, 0.25) is 15.9 Å². The molecule has 32 heavy (non-hydrogen) atoms. The van der Waals surface area contributed by atoms with E-state index in [0.717, 1.165) is 22.3 Å². The molecule has 3 aromatic rings. The van der Waals surface area contributed by atoms with E-state index in [9.17, 15) is 13.2 Å². The number of piperazine rings is 1. The van der Waals surface area contributed by atoms with E-state index >= 15 is 0 Å². The number of aromatic nitrogens is 3. The van der Waals surface area contributed by atoms with E-state index in [4.69, 9.17) is 0 Å². The van der Waals surface area contributed by atoms with Gasteiger partial charge in [-0.15, -0.1) is 0 Å². The largest absolute Gasteiger partial charge is 0.338 e. The first kappa shape index (κ1) is 21.1. The molecular weight excluding hydrogens is 426 g/mol. The number of hydrogen-bond acceptors (Lipinski definition) is 5. The van der Waals surface area contributed by atoms with Crippen molar-refractivity contribution < 1.29 is 13.2 Å². The van der Waals surface area contributed by atoms with Crippen molar-refractivity contribution in [3.8, 4) is 0 Å². The van der Waals surface area contributed by atoms with Crippen LogP contribution in [0.2, 0.25) is 0 Å². The Labute approximate surface area is 187 Å². The molecule has 5 rings (SSSR count). The van der Waals surface area contributed by atoms with E-state index in [1.165, 1.54) is 22.7 Å². The Balaban J connectivity index is 1.27. The van der Waals surface area contributed by atoms with Crippen LogP contribution >= 0.6 is 0 Å². The van der Waals surface area contributed by atoms with Crippen LogP contribution in [0.5, 0.6) is 0 Å². The molecule has 0 radical (unpaired) electrons. The fourth-order valence-corrected chi connectivity index (χ4v) is 5.84. The maximum atomic E-state index is 13.0. The number of carbonyl (C=O) groups excluding carboxylic acids is 1. The zero-order valence-electron chi connectivity index (χ0n) is 18.4. The third-order valence-electron chi connectivity index (χ3n) is 6.39. The Hall–Kier alpha value is -2.78. The Kier molecular flexibility index (Phi) is 5.25. The molecule has 0 spiro atoms. The van der Waals surface area contributed by atoms with Crippen molar-refractivity contribution in [1.29, 1.82) is 0 Å². The molecule has 168 valence electrons. The SMILES string of the molecule is Cc1ccc(S(=O)(=O)N2CCN(C(=O)Cn3nc(C)c4c(C5CC5)ccnc43)CC2)cc1. The molecule has 1 aromatic carbocycles. The monoisotopic (exact) mass is 453 g/mol. The number of aryl methyl sites for hydroxylation is 2. The van der Waals surface area contributed by atoms with Crippen LogP contribution in [0.3, 0.4) is 0 Å². The summed E-state index contributed by atoms with van der Waals surface area (Å²) < 4.78 is 29.0. The number of benzene rings is 1. The lowest BCUT2D eigenvalue weighted by Crippen LogP contribution is -2.51. The molecule has 1 saturated carbocycles. The summed E-state index contributed by atoms with van der Waals surface area (Å²) in [5.74, 6) is 0.511. The van der Waals surface area contributed by atoms with E-state index in [-0.39, 0.29) is 25.5 Å². The Morgan fingerprint density at radius 2 is 1.72 bits per heavy atom. The number of fused-ring (bicyclic) bond motifs is 1. The van der Waals surface area contributed by atoms with Crippen LogP contribution in [0.4, 0.5) is 0 Å². The van der Waals surface area contributed by atoms with Crippen molar-refractivity contribution in [1.82, 2.24) is 24.0 Å². The number of pyridine rings is 1. The molecule has 0 N–H and O–H groups in total. The fraction of sp³-hybridized carbons (Fsp3) is 0.435. The molecule has 1 amide bonds. The molecule has 0 atom stereocenters. The molecule has 3 heterocycles. The van der Waals surface area contributed by atoms with E-state index in [1.54, 1.807) is 40.0 Å². The predicted octanol–water partition coefficient (Wildman–Crippen LogP) is 2.46. The first-order valence-corrected chi connectivity index (χ1v) is 12.5. The molecule has 0 unspecified atom stereocenters. The number of rotatable bonds is 5. The molecule has 8 nitrogen and oxygen atoms in total. The Bertz CT molecular complexity index is 1270. The van der Waals surface area contributed by atoms with E-state index in [0.29, 0.717) is 23.9 Å². The van der Waals surface area contributed by atoms with Crippen molar-refractivity contribution in [2.75, 3.05) is 26.2 Å². The van der Waals surface area contributed by atoms with Crippen molar-refractivity contribution in [3.05, 3.63) is 53.3 Å². The van der Waals surface area contributed by atoms with Gasteiger partial charge in [-0.25, -0.2) is 18.1 Å². The van der Waals surface area contributed by atoms with Gasteiger partial charge >= 0.3 is 0 Å². The third kappa shape index (κ3) is 3.80. The highest BCUT2D eigenvalue weighted by Crippen LogP contribution is 2.43. The van der Waals surface area contributed by atoms with Gasteiger partial charge in [0.1, 0.15) is 6.54 Å². The molecule has 2 fully saturated rings. The number of amides is 1. The van der Waals surface area contributed by atoms with Gasteiger partial charge in [0.15, 0.2) is 5.65 Å². The summed E-state index contributed by atoms with van der Waals surface area (Å²) in [7, 11) is -3.55. The van der Waals surface area contributed by atoms with Crippen LogP contribution in [-0.4, -0.2) is 64.5 Å². The zero-order valence-corrected chi connectivity index (χ0v) is 19.2. The number of carbonyl (C=O) groups is 1. The Morgan fingerprint density at radius 1 is 1.03 bits per heavy atom. The topological polar surface area (TPSA) is 88.4 Å². The smallest absolute Gasteiger partial charge is 0.244 e. The van der Waals surface area contributed by atoms with Crippen molar-refractivity contribution in [2.24, 2.45) is 0 Å². The summed E-state index contributed by atoms with van der Waals surface area (Å²) >= 11 is 0. The fourth-order valence-electron chi connectivity index (χ4n) is 4.42. The third-order valence-corrected chi connectivity index (χ3v) is 8.31. The second-order valence-corrected chi connectivity index (χ2v) is 10.7. The average Bonchev–Trinajstić information content (AvgIpc) is 3.59. The lowest BCUT2D eigenvalue weighted by Gasteiger charge is -2.34. The van der Waals surface area contributed by atoms with Crippen LogP contribution in [0.25, 0.3) is 11.0 Å². The number of hydrogen-bond donors (Lipinski definition) is 0. The van der Waals surface area contributed by atoms with Crippen LogP contribution in [0, 0.1) is 13.8 Å². The van der Waals surface area contributed by atoms with E-state index < -0.39 is 10.0 Å². The van der Waals surface area contributed by atoms with Crippen LogP contribution in [0.1, 0.15) is 35.6 Å². The number of nitrogens with zero attached hydrogens (tertiary/aromatic N) is 5. The maximum absolute atomic E-state index is 13.0. The van der Waals surface area contributed by atoms with Crippen molar-refractivity contribution in [2.45, 2.75) is 44.0 Å². The van der Waals surface area contributed by atoms with Gasteiger partial charge in [0, 0.05) is 37.8 Å². The first-order valence-electron chi connectivity index (χ1n) is 11.0. The maximum Gasteiger partial charge on any atom is 0.244 e. The van der Waals surface area contributed by atoms with E-state index in [1.807, 2.05) is 13.8 Å². The highest BCUT2D eigenvalue weighted by Gasteiger charge is 2.31. The summed E-state index contributed by atoms with van der Waals surface area (Å²) in [6.07, 6.45) is 4.18. The molecule has 1 aliphatic heterocycles. The summed E-state index contributed by atoms with van der Waals surface area (Å²) in [5, 5.41) is 5.66. The summed E-state index contributed by atoms with van der Waals surface area (Å²) in [4.78, 5) is 19.5. The first-order chi connectivity index (χ1) is 15.3. The molecule has 0 bridgehead atoms. The molecule has 9 heteroatoms. The van der Waals surface area contributed by atoms with Gasteiger partial charge in [-0.2, -0.15) is 9.40 Å². The molecule has 2 aliphatic rings. The number of sulfonamides is 1. The summed E-state index contributed by atoms with van der Waals surface area (Å²) in [6.45, 7) is 5.29. The van der Waals surface area contributed by atoms with Gasteiger partial charge in [0.05, 0.1) is 10.6 Å². The normalized spacial score (nSPS) is 17.8. The Morgan fingerprint density at radius 3 is 2.38 bits per heavy atom. The molecule has 1 aliphatic carbocycles. The molecular formula is C23H27N5O3S. The average molecular weight is 454 g/mol. The van der Waals surface area contributed by atoms with Crippen LogP contribution < -0.4 is 0 Å². The highest BCUT2D eigenvalue weighted by atomic mass is 32.2. The zero-order chi connectivity index (χ0) is 22.5. The second kappa shape index (κ2) is 7.97. The van der Waals surface area contributed by atoms with E-state index in [2.05, 4.69) is 16.1 Å². The minimum absolute atomic E-state index is 0.0691. The second-order valence-electron chi connectivity index (χ2n) is 8.71. The van der Waals surface area contributed by atoms with Crippen molar-refractivity contribution in [3.63, 3.8) is 0 Å². The standard InChI is InChI=1S/C23H27N5O3S/c1-16-3-7-19(8-4-16)32(30,31)27-13-11-26(12-14-27)21(29)15-28-23-22(17(2)25-28)20(9-10-24-23)18-5-6-18/h3-4,7-10,18H,5-6,11-15H2,1-2H3. The van der Waals surface area contributed by atoms with Crippen LogP contribution in [-0.2, 0) is 21.4 Å². The van der Waals surface area contributed by atoms with Crippen LogP contribution in [0.15, 0.2) is 41.4 Å². The van der Waals surface area contributed by atoms with Gasteiger partial charge < -0.3 is 4.90 Å². The molecule has 1 saturated heterocycles. The lowest BCUT2D eigenvalue weighted by molar-refractivity contribution is -0.133. The highest BCUT2D eigenvalue weighted by molar-refractivity contribution is 7.89. The van der Waals surface area contributed by atoms with Gasteiger partial charge in [-0.3, -0.25) is 4.79 Å². The minimum Gasteiger partial charge on any atom is -0.338 e.